The van der Waals surface area contributed by atoms with E-state index in [1.54, 1.807) is 44.6 Å². The maximum Gasteiger partial charge on any atom is 0.254 e. The van der Waals surface area contributed by atoms with Crippen LogP contribution in [0.15, 0.2) is 31.0 Å². The van der Waals surface area contributed by atoms with Crippen molar-refractivity contribution in [2.24, 2.45) is 0 Å². The van der Waals surface area contributed by atoms with Gasteiger partial charge in [-0.25, -0.2) is 4.98 Å². The van der Waals surface area contributed by atoms with Gasteiger partial charge in [0.2, 0.25) is 5.95 Å². The second-order valence-electron chi connectivity index (χ2n) is 6.03. The van der Waals surface area contributed by atoms with E-state index in [0.717, 1.165) is 18.7 Å². The molecule has 1 fully saturated rings. The van der Waals surface area contributed by atoms with E-state index < -0.39 is 0 Å². The van der Waals surface area contributed by atoms with Crippen molar-refractivity contribution < 1.29 is 9.53 Å². The van der Waals surface area contributed by atoms with Gasteiger partial charge in [0.25, 0.3) is 5.91 Å². The van der Waals surface area contributed by atoms with Gasteiger partial charge in [0.1, 0.15) is 11.6 Å². The second kappa shape index (κ2) is 8.50. The SMILES string of the molecule is C=Cc1cnc(Nc2ccc(C(=O)N3CCNCC3)cc2OC)nc1NC. The molecule has 2 aromatic rings. The molecule has 1 saturated heterocycles. The number of carbonyl (C=O) groups is 1. The highest BCUT2D eigenvalue weighted by Crippen LogP contribution is 2.29. The summed E-state index contributed by atoms with van der Waals surface area (Å²) in [4.78, 5) is 23.2. The molecule has 0 atom stereocenters. The maximum atomic E-state index is 12.7. The molecule has 2 heterocycles. The number of carbonyl (C=O) groups excluding carboxylic acids is 1. The number of amides is 1. The Morgan fingerprint density at radius 2 is 2.15 bits per heavy atom. The lowest BCUT2D eigenvalue weighted by Crippen LogP contribution is -2.46. The van der Waals surface area contributed by atoms with Crippen LogP contribution in [-0.4, -0.2) is 61.1 Å². The molecular weight excluding hydrogens is 344 g/mol. The molecular formula is C19H24N6O2. The molecule has 8 nitrogen and oxygen atoms in total. The summed E-state index contributed by atoms with van der Waals surface area (Å²) >= 11 is 0. The van der Waals surface area contributed by atoms with E-state index in [1.165, 1.54) is 0 Å². The third kappa shape index (κ3) is 4.17. The van der Waals surface area contributed by atoms with Crippen molar-refractivity contribution in [1.29, 1.82) is 0 Å². The van der Waals surface area contributed by atoms with E-state index in [2.05, 4.69) is 32.5 Å². The third-order valence-electron chi connectivity index (χ3n) is 4.37. The van der Waals surface area contributed by atoms with Crippen LogP contribution < -0.4 is 20.7 Å². The summed E-state index contributed by atoms with van der Waals surface area (Å²) in [6.45, 7) is 6.78. The third-order valence-corrected chi connectivity index (χ3v) is 4.37. The van der Waals surface area contributed by atoms with E-state index in [-0.39, 0.29) is 5.91 Å². The Balaban J connectivity index is 1.82. The van der Waals surface area contributed by atoms with Gasteiger partial charge in [-0.05, 0) is 18.2 Å². The van der Waals surface area contributed by atoms with Crippen molar-refractivity contribution in [1.82, 2.24) is 20.2 Å². The van der Waals surface area contributed by atoms with Crippen molar-refractivity contribution in [3.8, 4) is 5.75 Å². The molecule has 1 aliphatic rings. The van der Waals surface area contributed by atoms with Crippen molar-refractivity contribution in [2.75, 3.05) is 51.0 Å². The smallest absolute Gasteiger partial charge is 0.254 e. The molecule has 0 unspecified atom stereocenters. The predicted molar refractivity (Wildman–Crippen MR) is 107 cm³/mol. The van der Waals surface area contributed by atoms with Crippen LogP contribution in [0.3, 0.4) is 0 Å². The Morgan fingerprint density at radius 3 is 2.81 bits per heavy atom. The summed E-state index contributed by atoms with van der Waals surface area (Å²) in [6, 6.07) is 5.33. The van der Waals surface area contributed by atoms with E-state index in [0.29, 0.717) is 41.9 Å². The number of nitrogens with zero attached hydrogens (tertiary/aromatic N) is 3. The van der Waals surface area contributed by atoms with Gasteiger partial charge in [-0.3, -0.25) is 4.79 Å². The largest absolute Gasteiger partial charge is 0.495 e. The molecule has 0 aliphatic carbocycles. The van der Waals surface area contributed by atoms with Gasteiger partial charge in [0, 0.05) is 50.6 Å². The standard InChI is InChI=1S/C19H24N6O2/c1-4-13-12-22-19(24-17(13)20-2)23-15-6-5-14(11-16(15)27-3)18(26)25-9-7-21-8-10-25/h4-6,11-12,21H,1,7-10H2,2-3H3,(H2,20,22,23,24). The summed E-state index contributed by atoms with van der Waals surface area (Å²) in [6.07, 6.45) is 3.37. The first-order valence-corrected chi connectivity index (χ1v) is 8.78. The van der Waals surface area contributed by atoms with Crippen LogP contribution in [-0.2, 0) is 0 Å². The molecule has 1 amide bonds. The highest BCUT2D eigenvalue weighted by Gasteiger charge is 2.19. The van der Waals surface area contributed by atoms with Crippen LogP contribution in [0.25, 0.3) is 6.08 Å². The minimum Gasteiger partial charge on any atom is -0.495 e. The monoisotopic (exact) mass is 368 g/mol. The molecule has 1 aromatic heterocycles. The molecule has 142 valence electrons. The van der Waals surface area contributed by atoms with Gasteiger partial charge in [0.05, 0.1) is 12.8 Å². The topological polar surface area (TPSA) is 91.4 Å². The van der Waals surface area contributed by atoms with E-state index in [4.69, 9.17) is 4.74 Å². The minimum atomic E-state index is 0.00500. The number of hydrogen-bond donors (Lipinski definition) is 3. The fraction of sp³-hybridized carbons (Fsp3) is 0.316. The number of piperazine rings is 1. The number of hydrogen-bond acceptors (Lipinski definition) is 7. The lowest BCUT2D eigenvalue weighted by molar-refractivity contribution is 0.0735. The highest BCUT2D eigenvalue weighted by molar-refractivity contribution is 5.95. The van der Waals surface area contributed by atoms with Crippen LogP contribution in [0.2, 0.25) is 0 Å². The summed E-state index contributed by atoms with van der Waals surface area (Å²) in [5.41, 5.74) is 2.09. The van der Waals surface area contributed by atoms with Crippen molar-refractivity contribution in [3.63, 3.8) is 0 Å². The fourth-order valence-corrected chi connectivity index (χ4v) is 2.90. The summed E-state index contributed by atoms with van der Waals surface area (Å²) in [5, 5.41) is 9.40. The number of rotatable bonds is 6. The van der Waals surface area contributed by atoms with E-state index >= 15 is 0 Å². The van der Waals surface area contributed by atoms with E-state index in [9.17, 15) is 4.79 Å². The molecule has 3 N–H and O–H groups in total. The number of nitrogens with one attached hydrogen (secondary N) is 3. The first-order valence-electron chi connectivity index (χ1n) is 8.78. The first kappa shape index (κ1) is 18.7. The fourth-order valence-electron chi connectivity index (χ4n) is 2.90. The predicted octanol–water partition coefficient (Wildman–Crippen LogP) is 1.96. The lowest BCUT2D eigenvalue weighted by Gasteiger charge is -2.27. The minimum absolute atomic E-state index is 0.00500. The molecule has 1 aromatic carbocycles. The van der Waals surface area contributed by atoms with Gasteiger partial charge in [0.15, 0.2) is 0 Å². The Labute approximate surface area is 158 Å². The molecule has 0 spiro atoms. The zero-order chi connectivity index (χ0) is 19.2. The van der Waals surface area contributed by atoms with Gasteiger partial charge >= 0.3 is 0 Å². The van der Waals surface area contributed by atoms with Crippen molar-refractivity contribution in [3.05, 3.63) is 42.1 Å². The van der Waals surface area contributed by atoms with Crippen molar-refractivity contribution >= 4 is 29.4 Å². The molecule has 1 aliphatic heterocycles. The Morgan fingerprint density at radius 1 is 1.37 bits per heavy atom. The molecule has 27 heavy (non-hydrogen) atoms. The van der Waals surface area contributed by atoms with Crippen LogP contribution in [0, 0.1) is 0 Å². The molecule has 3 rings (SSSR count). The number of anilines is 3. The number of ether oxygens (including phenoxy) is 1. The zero-order valence-corrected chi connectivity index (χ0v) is 15.6. The summed E-state index contributed by atoms with van der Waals surface area (Å²) < 4.78 is 5.46. The number of benzene rings is 1. The normalized spacial score (nSPS) is 13.8. The van der Waals surface area contributed by atoms with Gasteiger partial charge in [-0.2, -0.15) is 4.98 Å². The maximum absolute atomic E-state index is 12.7. The molecule has 0 bridgehead atoms. The average molecular weight is 368 g/mol. The van der Waals surface area contributed by atoms with Crippen LogP contribution >= 0.6 is 0 Å². The first-order chi connectivity index (χ1) is 13.2. The van der Waals surface area contributed by atoms with Crippen LogP contribution in [0.5, 0.6) is 5.75 Å². The average Bonchev–Trinajstić information content (AvgIpc) is 2.74. The van der Waals surface area contributed by atoms with Crippen LogP contribution in [0.1, 0.15) is 15.9 Å². The Bertz CT molecular complexity index is 833. The number of aromatic nitrogens is 2. The molecule has 0 radical (unpaired) electrons. The molecule has 8 heteroatoms. The van der Waals surface area contributed by atoms with Gasteiger partial charge in [-0.1, -0.05) is 12.7 Å². The Kier molecular flexibility index (Phi) is 5.87. The number of methoxy groups -OCH3 is 1. The van der Waals surface area contributed by atoms with Gasteiger partial charge in [-0.15, -0.1) is 0 Å². The van der Waals surface area contributed by atoms with Crippen LogP contribution in [0.4, 0.5) is 17.5 Å². The molecule has 0 saturated carbocycles. The van der Waals surface area contributed by atoms with E-state index in [1.807, 2.05) is 4.90 Å². The zero-order valence-electron chi connectivity index (χ0n) is 15.6. The quantitative estimate of drug-likeness (QED) is 0.718. The van der Waals surface area contributed by atoms with Crippen molar-refractivity contribution in [2.45, 2.75) is 0 Å². The lowest BCUT2D eigenvalue weighted by atomic mass is 10.1. The second-order valence-corrected chi connectivity index (χ2v) is 6.03. The summed E-state index contributed by atoms with van der Waals surface area (Å²) in [5.74, 6) is 1.65. The summed E-state index contributed by atoms with van der Waals surface area (Å²) in [7, 11) is 3.36. The van der Waals surface area contributed by atoms with Gasteiger partial charge < -0.3 is 25.6 Å². The highest BCUT2D eigenvalue weighted by atomic mass is 16.5. The Hall–Kier alpha value is -3.13.